The maximum atomic E-state index is 13.6. The van der Waals surface area contributed by atoms with Crippen LogP contribution >= 0.6 is 15.9 Å². The second kappa shape index (κ2) is 6.03. The van der Waals surface area contributed by atoms with Gasteiger partial charge in [-0.3, -0.25) is 0 Å². The van der Waals surface area contributed by atoms with Crippen LogP contribution in [0.5, 0.6) is 11.5 Å². The van der Waals surface area contributed by atoms with Crippen molar-refractivity contribution >= 4 is 15.9 Å². The molecule has 0 saturated carbocycles. The van der Waals surface area contributed by atoms with Crippen LogP contribution in [-0.2, 0) is 12.8 Å². The Morgan fingerprint density at radius 2 is 1.76 bits per heavy atom. The molecule has 0 spiro atoms. The lowest BCUT2D eigenvalue weighted by molar-refractivity contribution is -0.138. The lowest BCUT2D eigenvalue weighted by Gasteiger charge is -2.15. The molecule has 0 fully saturated rings. The maximum Gasteiger partial charge on any atom is 0.419 e. The van der Waals surface area contributed by atoms with Crippen LogP contribution in [0.3, 0.4) is 0 Å². The molecule has 7 heteroatoms. The number of hydrogen-bond donors (Lipinski definition) is 1. The molecule has 0 bridgehead atoms. The van der Waals surface area contributed by atoms with Gasteiger partial charge in [-0.05, 0) is 35.9 Å². The van der Waals surface area contributed by atoms with Gasteiger partial charge in [0.15, 0.2) is 11.6 Å². The van der Waals surface area contributed by atoms with Gasteiger partial charge in [-0.1, -0.05) is 22.0 Å². The topological polar surface area (TPSA) is 29.5 Å². The molecule has 0 aliphatic carbocycles. The van der Waals surface area contributed by atoms with Gasteiger partial charge in [-0.2, -0.15) is 13.2 Å². The van der Waals surface area contributed by atoms with Crippen molar-refractivity contribution in [3.8, 4) is 11.5 Å². The highest BCUT2D eigenvalue weighted by molar-refractivity contribution is 9.10. The van der Waals surface area contributed by atoms with Crippen molar-refractivity contribution < 1.29 is 27.4 Å². The summed E-state index contributed by atoms with van der Waals surface area (Å²) in [7, 11) is 0. The molecule has 1 N–H and O–H groups in total. The average molecular weight is 365 g/mol. The highest BCUT2D eigenvalue weighted by atomic mass is 79.9. The molecule has 2 nitrogen and oxygen atoms in total. The van der Waals surface area contributed by atoms with Crippen molar-refractivity contribution in [1.29, 1.82) is 0 Å². The summed E-state index contributed by atoms with van der Waals surface area (Å²) in [5.74, 6) is -1.64. The summed E-state index contributed by atoms with van der Waals surface area (Å²) in [6.07, 6.45) is -4.68. The normalized spacial score (nSPS) is 11.5. The molecule has 2 aromatic rings. The van der Waals surface area contributed by atoms with Gasteiger partial charge in [-0.25, -0.2) is 4.39 Å². The van der Waals surface area contributed by atoms with Crippen molar-refractivity contribution in [3.05, 3.63) is 57.8 Å². The smallest absolute Gasteiger partial charge is 0.419 e. The number of halogens is 5. The van der Waals surface area contributed by atoms with Gasteiger partial charge in [0.2, 0.25) is 0 Å². The van der Waals surface area contributed by atoms with Gasteiger partial charge in [0.25, 0.3) is 0 Å². The van der Waals surface area contributed by atoms with Crippen LogP contribution in [0.25, 0.3) is 0 Å². The summed E-state index contributed by atoms with van der Waals surface area (Å²) < 4.78 is 58.0. The molecule has 0 unspecified atom stereocenters. The minimum absolute atomic E-state index is 0.0874. The fourth-order valence-corrected chi connectivity index (χ4v) is 2.00. The minimum atomic E-state index is -4.68. The monoisotopic (exact) mass is 364 g/mol. The first kappa shape index (κ1) is 15.8. The summed E-state index contributed by atoms with van der Waals surface area (Å²) in [6, 6.07) is 6.81. The van der Waals surface area contributed by atoms with Gasteiger partial charge in [0, 0.05) is 4.47 Å². The van der Waals surface area contributed by atoms with Gasteiger partial charge in [-0.15, -0.1) is 0 Å². The van der Waals surface area contributed by atoms with Crippen LogP contribution in [0.1, 0.15) is 11.1 Å². The van der Waals surface area contributed by atoms with Crippen LogP contribution in [-0.4, -0.2) is 5.11 Å². The first-order valence-corrected chi connectivity index (χ1v) is 6.54. The predicted octanol–water partition coefficient (Wildman–Crippen LogP) is 4.89. The van der Waals surface area contributed by atoms with E-state index in [-0.39, 0.29) is 11.3 Å². The second-order valence-electron chi connectivity index (χ2n) is 4.16. The molecule has 112 valence electrons. The maximum absolute atomic E-state index is 13.6. The molecule has 0 aromatic heterocycles. The first-order chi connectivity index (χ1) is 9.81. The molecule has 0 saturated heterocycles. The third-order valence-corrected chi connectivity index (χ3v) is 3.14. The number of aliphatic hydroxyl groups excluding tert-OH is 1. The predicted molar refractivity (Wildman–Crippen MR) is 71.5 cm³/mol. The Morgan fingerprint density at radius 1 is 1.05 bits per heavy atom. The van der Waals surface area contributed by atoms with Gasteiger partial charge in [0.05, 0.1) is 12.2 Å². The summed E-state index contributed by atoms with van der Waals surface area (Å²) in [5.41, 5.74) is -0.988. The molecule has 0 aliphatic heterocycles. The fourth-order valence-electron chi connectivity index (χ4n) is 1.66. The van der Waals surface area contributed by atoms with Gasteiger partial charge in [0.1, 0.15) is 5.75 Å². The van der Waals surface area contributed by atoms with Crippen molar-refractivity contribution in [2.45, 2.75) is 12.8 Å². The van der Waals surface area contributed by atoms with Crippen LogP contribution in [0.15, 0.2) is 40.9 Å². The van der Waals surface area contributed by atoms with E-state index in [1.807, 2.05) is 0 Å². The fraction of sp³-hybridized carbons (Fsp3) is 0.143. The van der Waals surface area contributed by atoms with Crippen molar-refractivity contribution in [1.82, 2.24) is 0 Å². The summed E-state index contributed by atoms with van der Waals surface area (Å²) in [5, 5.41) is 8.91. The van der Waals surface area contributed by atoms with E-state index in [0.717, 1.165) is 18.2 Å². The Kier molecular flexibility index (Phi) is 4.53. The van der Waals surface area contributed by atoms with Gasteiger partial charge < -0.3 is 9.84 Å². The molecule has 0 heterocycles. The SMILES string of the molecule is OCc1ccc(Oc2cc(Br)ccc2F)c(C(F)(F)F)c1. The molecular formula is C14H9BrF4O2. The van der Waals surface area contributed by atoms with E-state index >= 15 is 0 Å². The quantitative estimate of drug-likeness (QED) is 0.785. The minimum Gasteiger partial charge on any atom is -0.454 e. The van der Waals surface area contributed by atoms with E-state index in [9.17, 15) is 17.6 Å². The lowest BCUT2D eigenvalue weighted by Crippen LogP contribution is -2.08. The number of rotatable bonds is 3. The number of ether oxygens (including phenoxy) is 1. The Morgan fingerprint density at radius 3 is 2.38 bits per heavy atom. The number of benzene rings is 2. The third kappa shape index (κ3) is 3.74. The molecular weight excluding hydrogens is 356 g/mol. The Balaban J connectivity index is 2.46. The third-order valence-electron chi connectivity index (χ3n) is 2.65. The van der Waals surface area contributed by atoms with E-state index < -0.39 is 29.9 Å². The van der Waals surface area contributed by atoms with Crippen LogP contribution in [0, 0.1) is 5.82 Å². The number of alkyl halides is 3. The Bertz CT molecular complexity index is 656. The zero-order valence-electron chi connectivity index (χ0n) is 10.4. The van der Waals surface area contributed by atoms with Crippen molar-refractivity contribution in [2.75, 3.05) is 0 Å². The summed E-state index contributed by atoms with van der Waals surface area (Å²) in [4.78, 5) is 0. The number of aliphatic hydroxyl groups is 1. The summed E-state index contributed by atoms with van der Waals surface area (Å²) >= 11 is 3.09. The molecule has 2 aromatic carbocycles. The highest BCUT2D eigenvalue weighted by Crippen LogP contribution is 2.39. The van der Waals surface area contributed by atoms with E-state index in [2.05, 4.69) is 15.9 Å². The van der Waals surface area contributed by atoms with Gasteiger partial charge >= 0.3 is 6.18 Å². The molecule has 0 amide bonds. The zero-order valence-corrected chi connectivity index (χ0v) is 12.0. The molecule has 0 atom stereocenters. The Labute approximate surface area is 126 Å². The van der Waals surface area contributed by atoms with Crippen molar-refractivity contribution in [3.63, 3.8) is 0 Å². The Hall–Kier alpha value is -1.60. The van der Waals surface area contributed by atoms with E-state index in [0.29, 0.717) is 4.47 Å². The first-order valence-electron chi connectivity index (χ1n) is 5.75. The number of hydrogen-bond acceptors (Lipinski definition) is 2. The highest BCUT2D eigenvalue weighted by Gasteiger charge is 2.35. The molecule has 0 aliphatic rings. The van der Waals surface area contributed by atoms with Crippen LogP contribution in [0.4, 0.5) is 17.6 Å². The molecule has 0 radical (unpaired) electrons. The molecule has 21 heavy (non-hydrogen) atoms. The second-order valence-corrected chi connectivity index (χ2v) is 5.08. The van der Waals surface area contributed by atoms with Crippen LogP contribution in [0.2, 0.25) is 0 Å². The zero-order chi connectivity index (χ0) is 15.6. The average Bonchev–Trinajstić information content (AvgIpc) is 2.42. The van der Waals surface area contributed by atoms with E-state index in [4.69, 9.17) is 9.84 Å². The largest absolute Gasteiger partial charge is 0.454 e. The lowest BCUT2D eigenvalue weighted by atomic mass is 10.1. The van der Waals surface area contributed by atoms with E-state index in [1.54, 1.807) is 0 Å². The molecule has 2 rings (SSSR count). The van der Waals surface area contributed by atoms with Crippen molar-refractivity contribution in [2.24, 2.45) is 0 Å². The standard InChI is InChI=1S/C14H9BrF4O2/c15-9-2-3-11(16)13(6-9)21-12-4-1-8(7-20)5-10(12)14(17,18)19/h1-6,20H,7H2. The summed E-state index contributed by atoms with van der Waals surface area (Å²) in [6.45, 7) is -0.533. The van der Waals surface area contributed by atoms with Crippen LogP contribution < -0.4 is 4.74 Å². The van der Waals surface area contributed by atoms with E-state index in [1.165, 1.54) is 18.2 Å².